The van der Waals surface area contributed by atoms with Crippen LogP contribution in [0.3, 0.4) is 0 Å². The maximum Gasteiger partial charge on any atom is 0.275 e. The van der Waals surface area contributed by atoms with Crippen molar-refractivity contribution < 1.29 is 4.42 Å². The molecule has 0 aliphatic rings. The van der Waals surface area contributed by atoms with Crippen molar-refractivity contribution in [3.63, 3.8) is 0 Å². The molecule has 0 aromatic carbocycles. The Bertz CT molecular complexity index is 401. The van der Waals surface area contributed by atoms with E-state index in [1.165, 1.54) is 12.5 Å². The van der Waals surface area contributed by atoms with Gasteiger partial charge in [-0.15, -0.1) is 0 Å². The molecule has 0 saturated heterocycles. The molecular formula is C6H4N2O2. The molecule has 1 N–H and O–H groups in total. The average Bonchev–Trinajstić information content (AvgIpc) is 2.36. The number of H-pyrrole nitrogens is 1. The average molecular weight is 136 g/mol. The number of rotatable bonds is 0. The maximum absolute atomic E-state index is 10.9. The zero-order valence-corrected chi connectivity index (χ0v) is 5.00. The molecule has 50 valence electrons. The molecule has 0 radical (unpaired) electrons. The van der Waals surface area contributed by atoms with E-state index in [4.69, 9.17) is 4.42 Å². The standard InChI is InChI=1S/C6H4N2O2/c9-6-5-3-10-2-4(5)1-7-8-6/h1-3H,(H,8,9). The minimum Gasteiger partial charge on any atom is -0.471 e. The first-order valence-electron chi connectivity index (χ1n) is 2.77. The Labute approximate surface area is 55.5 Å². The predicted octanol–water partition coefficient (Wildman–Crippen LogP) is 0.516. The Morgan fingerprint density at radius 3 is 3.20 bits per heavy atom. The lowest BCUT2D eigenvalue weighted by Gasteiger charge is -1.80. The van der Waals surface area contributed by atoms with E-state index in [0.717, 1.165) is 5.39 Å². The van der Waals surface area contributed by atoms with Crippen LogP contribution >= 0.6 is 0 Å². The summed E-state index contributed by atoms with van der Waals surface area (Å²) in [6.07, 6.45) is 4.42. The van der Waals surface area contributed by atoms with Crippen LogP contribution in [-0.2, 0) is 0 Å². The van der Waals surface area contributed by atoms with Crippen molar-refractivity contribution in [2.75, 3.05) is 0 Å². The third kappa shape index (κ3) is 0.556. The first kappa shape index (κ1) is 5.22. The van der Waals surface area contributed by atoms with E-state index in [2.05, 4.69) is 10.2 Å². The van der Waals surface area contributed by atoms with Gasteiger partial charge in [0.05, 0.1) is 17.8 Å². The normalized spacial score (nSPS) is 10.4. The maximum atomic E-state index is 10.9. The number of nitrogens with zero attached hydrogens (tertiary/aromatic N) is 1. The molecule has 0 bridgehead atoms. The Kier molecular flexibility index (Phi) is 0.887. The van der Waals surface area contributed by atoms with Crippen LogP contribution in [0.4, 0.5) is 0 Å². The van der Waals surface area contributed by atoms with Crippen LogP contribution in [-0.4, -0.2) is 10.2 Å². The molecular weight excluding hydrogens is 132 g/mol. The summed E-state index contributed by atoms with van der Waals surface area (Å²) in [4.78, 5) is 10.9. The molecule has 0 amide bonds. The largest absolute Gasteiger partial charge is 0.471 e. The molecule has 4 nitrogen and oxygen atoms in total. The van der Waals surface area contributed by atoms with E-state index in [1.54, 1.807) is 6.20 Å². The number of aromatic nitrogens is 2. The summed E-state index contributed by atoms with van der Waals surface area (Å²) in [6.45, 7) is 0. The number of hydrogen-bond acceptors (Lipinski definition) is 3. The molecule has 0 spiro atoms. The number of furan rings is 1. The first-order valence-corrected chi connectivity index (χ1v) is 2.77. The molecule has 0 fully saturated rings. The number of fused-ring (bicyclic) bond motifs is 1. The molecule has 2 heterocycles. The van der Waals surface area contributed by atoms with Gasteiger partial charge in [-0.3, -0.25) is 4.79 Å². The van der Waals surface area contributed by atoms with E-state index in [1.807, 2.05) is 0 Å². The lowest BCUT2D eigenvalue weighted by atomic mass is 10.3. The number of hydrogen-bond donors (Lipinski definition) is 1. The summed E-state index contributed by atoms with van der Waals surface area (Å²) >= 11 is 0. The second kappa shape index (κ2) is 1.70. The van der Waals surface area contributed by atoms with Crippen molar-refractivity contribution in [3.8, 4) is 0 Å². The van der Waals surface area contributed by atoms with Gasteiger partial charge >= 0.3 is 0 Å². The predicted molar refractivity (Wildman–Crippen MR) is 34.6 cm³/mol. The zero-order chi connectivity index (χ0) is 6.97. The summed E-state index contributed by atoms with van der Waals surface area (Å²) in [5.74, 6) is 0. The number of aromatic amines is 1. The van der Waals surface area contributed by atoms with E-state index < -0.39 is 0 Å². The first-order chi connectivity index (χ1) is 4.88. The van der Waals surface area contributed by atoms with Crippen LogP contribution in [0.2, 0.25) is 0 Å². The topological polar surface area (TPSA) is 58.9 Å². The highest BCUT2D eigenvalue weighted by atomic mass is 16.3. The minimum absolute atomic E-state index is 0.216. The Morgan fingerprint density at radius 2 is 2.40 bits per heavy atom. The van der Waals surface area contributed by atoms with Gasteiger partial charge in [0.2, 0.25) is 0 Å². The van der Waals surface area contributed by atoms with Crippen LogP contribution < -0.4 is 5.56 Å². The van der Waals surface area contributed by atoms with Crippen molar-refractivity contribution in [3.05, 3.63) is 29.1 Å². The Hall–Kier alpha value is -1.58. The van der Waals surface area contributed by atoms with Crippen LogP contribution in [0, 0.1) is 0 Å². The van der Waals surface area contributed by atoms with Gasteiger partial charge in [0.15, 0.2) is 0 Å². The third-order valence-electron chi connectivity index (χ3n) is 1.31. The van der Waals surface area contributed by atoms with Crippen molar-refractivity contribution in [1.29, 1.82) is 0 Å². The summed E-state index contributed by atoms with van der Waals surface area (Å²) in [7, 11) is 0. The SMILES string of the molecule is O=c1[nH]ncc2cocc12. The van der Waals surface area contributed by atoms with Gasteiger partial charge < -0.3 is 4.42 Å². The lowest BCUT2D eigenvalue weighted by molar-refractivity contribution is 0.572. The van der Waals surface area contributed by atoms with E-state index in [-0.39, 0.29) is 5.56 Å². The quantitative estimate of drug-likeness (QED) is 0.574. The van der Waals surface area contributed by atoms with Gasteiger partial charge in [-0.2, -0.15) is 5.10 Å². The molecule has 0 unspecified atom stereocenters. The smallest absolute Gasteiger partial charge is 0.275 e. The van der Waals surface area contributed by atoms with Gasteiger partial charge in [0.1, 0.15) is 6.26 Å². The summed E-state index contributed by atoms with van der Waals surface area (Å²) in [5.41, 5.74) is -0.216. The molecule has 10 heavy (non-hydrogen) atoms. The van der Waals surface area contributed by atoms with Gasteiger partial charge in [-0.25, -0.2) is 5.10 Å². The van der Waals surface area contributed by atoms with E-state index >= 15 is 0 Å². The van der Waals surface area contributed by atoms with Crippen LogP contribution in [0.5, 0.6) is 0 Å². The van der Waals surface area contributed by atoms with Crippen LogP contribution in [0.25, 0.3) is 10.8 Å². The monoisotopic (exact) mass is 136 g/mol. The molecule has 0 atom stereocenters. The van der Waals surface area contributed by atoms with Gasteiger partial charge in [0, 0.05) is 5.39 Å². The Morgan fingerprint density at radius 1 is 1.50 bits per heavy atom. The molecule has 2 aromatic rings. The minimum atomic E-state index is -0.216. The summed E-state index contributed by atoms with van der Waals surface area (Å²) < 4.78 is 4.79. The molecule has 0 aliphatic heterocycles. The lowest BCUT2D eigenvalue weighted by Crippen LogP contribution is -2.05. The summed E-state index contributed by atoms with van der Waals surface area (Å²) in [6, 6.07) is 0. The van der Waals surface area contributed by atoms with Crippen LogP contribution in [0.15, 0.2) is 27.9 Å². The molecule has 0 aliphatic carbocycles. The third-order valence-corrected chi connectivity index (χ3v) is 1.31. The van der Waals surface area contributed by atoms with Crippen LogP contribution in [0.1, 0.15) is 0 Å². The highest BCUT2D eigenvalue weighted by molar-refractivity contribution is 5.78. The fourth-order valence-corrected chi connectivity index (χ4v) is 0.812. The van der Waals surface area contributed by atoms with Crippen molar-refractivity contribution in [2.24, 2.45) is 0 Å². The van der Waals surface area contributed by atoms with Gasteiger partial charge in [-0.1, -0.05) is 0 Å². The second-order valence-corrected chi connectivity index (χ2v) is 1.94. The highest BCUT2D eigenvalue weighted by Gasteiger charge is 1.97. The highest BCUT2D eigenvalue weighted by Crippen LogP contribution is 2.06. The molecule has 0 saturated carbocycles. The fourth-order valence-electron chi connectivity index (χ4n) is 0.812. The molecule has 4 heteroatoms. The van der Waals surface area contributed by atoms with Crippen molar-refractivity contribution in [2.45, 2.75) is 0 Å². The van der Waals surface area contributed by atoms with Gasteiger partial charge in [0.25, 0.3) is 5.56 Å². The fraction of sp³-hybridized carbons (Fsp3) is 0. The van der Waals surface area contributed by atoms with Gasteiger partial charge in [-0.05, 0) is 0 Å². The second-order valence-electron chi connectivity index (χ2n) is 1.94. The van der Waals surface area contributed by atoms with E-state index in [0.29, 0.717) is 5.39 Å². The Balaban J connectivity index is 3.09. The van der Waals surface area contributed by atoms with Crippen molar-refractivity contribution in [1.82, 2.24) is 10.2 Å². The molecule has 2 rings (SSSR count). The van der Waals surface area contributed by atoms with E-state index in [9.17, 15) is 4.79 Å². The molecule has 2 aromatic heterocycles. The number of nitrogens with one attached hydrogen (secondary N) is 1. The zero-order valence-electron chi connectivity index (χ0n) is 5.00. The van der Waals surface area contributed by atoms with Crippen molar-refractivity contribution >= 4 is 10.8 Å². The summed E-state index contributed by atoms with van der Waals surface area (Å²) in [5, 5.41) is 7.14.